The van der Waals surface area contributed by atoms with Crippen molar-refractivity contribution < 1.29 is 42.3 Å². The lowest BCUT2D eigenvalue weighted by molar-refractivity contribution is 0.276. The number of phenolic OH excluding ortho intramolecular Hbond substituents is 1. The van der Waals surface area contributed by atoms with Gasteiger partial charge in [0.05, 0.1) is 117 Å². The van der Waals surface area contributed by atoms with Crippen LogP contribution in [0.15, 0.2) is 146 Å². The first-order valence-corrected chi connectivity index (χ1v) is 34.9. The monoisotopic (exact) mass is 1530 g/mol. The number of phenols is 1. The van der Waals surface area contributed by atoms with Crippen LogP contribution >= 0.6 is 92.8 Å². The first-order chi connectivity index (χ1) is 46.6. The van der Waals surface area contributed by atoms with Crippen molar-refractivity contribution in [1.29, 1.82) is 15.8 Å². The van der Waals surface area contributed by atoms with Gasteiger partial charge in [-0.05, 0) is 106 Å². The van der Waals surface area contributed by atoms with Gasteiger partial charge in [0.15, 0.2) is 23.1 Å². The van der Waals surface area contributed by atoms with E-state index in [0.29, 0.717) is 106 Å². The maximum atomic E-state index is 11.4. The fourth-order valence-corrected chi connectivity index (χ4v) is 11.1. The van der Waals surface area contributed by atoms with Gasteiger partial charge in [-0.15, -0.1) is 34.8 Å². The number of nitrogens with one attached hydrogen (secondary N) is 1. The topological polar surface area (TPSA) is 281 Å². The fraction of sp³-hybridized carbons (Fsp3) is 0.292. The Labute approximate surface area is 624 Å². The van der Waals surface area contributed by atoms with E-state index >= 15 is 0 Å². The summed E-state index contributed by atoms with van der Waals surface area (Å²) in [5.41, 5.74) is 7.13. The normalized spacial score (nSPS) is 10.9. The highest BCUT2D eigenvalue weighted by Crippen LogP contribution is 2.42. The van der Waals surface area contributed by atoms with Gasteiger partial charge in [0, 0.05) is 16.2 Å². The number of nitrogens with zero attached hydrogens (tertiary/aromatic N) is 9. The molecule has 0 radical (unpaired) electrons. The van der Waals surface area contributed by atoms with E-state index in [-0.39, 0.29) is 71.5 Å². The second-order valence-corrected chi connectivity index (χ2v) is 27.5. The van der Waals surface area contributed by atoms with E-state index in [2.05, 4.69) is 66.7 Å². The summed E-state index contributed by atoms with van der Waals surface area (Å²) in [6.07, 6.45) is 9.83. The smallest absolute Gasteiger partial charge is 0.231 e. The third-order valence-electron chi connectivity index (χ3n) is 14.6. The maximum absolute atomic E-state index is 11.4. The van der Waals surface area contributed by atoms with Crippen LogP contribution in [0.4, 0.5) is 5.82 Å². The van der Waals surface area contributed by atoms with Crippen LogP contribution in [0.5, 0.6) is 34.5 Å². The SMILES string of the molecule is C.C.CC(C)(c1ccc(O)cc1)c1cc(Cl)c(OCCCl)c(C#N)c1.CC(C)(c1ccc(OCc2cncc(Cl)n2)cc1)c1cc(Cl)c(OCCCl)c(C#N)c1.CC(C)(c1ccc(OCc2cncc(NS(C)(=O)=O)n2)cc1)c1cc(Cl)c(OCCCl)c(C#N)c1.OCc1cncc(Cl)n1. The summed E-state index contributed by atoms with van der Waals surface area (Å²) in [5, 5.41) is 48.2. The number of hydrogen-bond donors (Lipinski definition) is 3. The van der Waals surface area contributed by atoms with Gasteiger partial charge in [-0.25, -0.2) is 23.4 Å². The highest BCUT2D eigenvalue weighted by molar-refractivity contribution is 7.92. The van der Waals surface area contributed by atoms with E-state index in [1.54, 1.807) is 48.7 Å². The minimum atomic E-state index is -3.45. The fourth-order valence-electron chi connectivity index (χ4n) is 9.22. The number of ether oxygens (including phenoxy) is 5. The largest absolute Gasteiger partial charge is 0.508 e. The Hall–Kier alpha value is -8.14. The molecule has 0 atom stereocenters. The molecule has 19 nitrogen and oxygen atoms in total. The molecule has 9 aromatic rings. The number of halogens is 8. The van der Waals surface area contributed by atoms with Gasteiger partial charge < -0.3 is 33.9 Å². The molecular weight excluding hydrogens is 1460 g/mol. The number of anilines is 1. The Morgan fingerprint density at radius 3 is 1.09 bits per heavy atom. The second-order valence-electron chi connectivity index (χ2n) is 22.6. The third-order valence-corrected chi connectivity index (χ3v) is 16.8. The molecule has 28 heteroatoms. The van der Waals surface area contributed by atoms with Gasteiger partial charge in [0.1, 0.15) is 78.8 Å². The van der Waals surface area contributed by atoms with Crippen molar-refractivity contribution in [2.75, 3.05) is 48.4 Å². The van der Waals surface area contributed by atoms with E-state index in [0.717, 1.165) is 39.6 Å². The Morgan fingerprint density at radius 1 is 0.460 bits per heavy atom. The standard InChI is InChI=1S/C24H24Cl2N4O4S.C23H20Cl3N3O2.C18H17Cl2NO2.C5H5ClN2O.2CH4/c1-24(2,18-10-16(12-27)23(21(26)11-18)33-9-8-25)17-4-6-20(7-5-17)34-15-19-13-28-14-22(29-19)30-35(3,31)32;1-23(2,17-9-15(11-27)22(20(25)10-17)30-8-7-24)16-3-5-19(6-4-16)31-14-18-12-28-13-21(26)29-18;1-18(2,13-3-5-15(22)6-4-13)14-9-12(11-21)17(16(20)10-14)23-8-7-19;6-5-2-7-1-4(3-9)8-5;;/h4-7,10-11,13-14H,8-9,15H2,1-3H3,(H,29,30);3-6,9-10,12-13H,7-8,14H2,1-2H3;3-6,9-10,22H,7-8H2,1-2H3;1-2,9H,3H2;2*1H4. The zero-order valence-electron chi connectivity index (χ0n) is 53.9. The van der Waals surface area contributed by atoms with Crippen molar-refractivity contribution in [3.63, 3.8) is 0 Å². The van der Waals surface area contributed by atoms with Gasteiger partial charge in [-0.3, -0.25) is 19.7 Å². The molecule has 9 rings (SSSR count). The number of rotatable bonds is 24. The van der Waals surface area contributed by atoms with E-state index in [1.165, 1.54) is 31.0 Å². The molecule has 100 heavy (non-hydrogen) atoms. The molecule has 0 saturated carbocycles. The molecular formula is C72H74Cl8N10O9S. The summed E-state index contributed by atoms with van der Waals surface area (Å²) in [4.78, 5) is 23.8. The molecule has 0 saturated heterocycles. The molecule has 0 fully saturated rings. The molecule has 0 amide bonds. The van der Waals surface area contributed by atoms with E-state index in [4.69, 9.17) is 122 Å². The lowest BCUT2D eigenvalue weighted by atomic mass is 9.77. The van der Waals surface area contributed by atoms with Crippen LogP contribution in [0.2, 0.25) is 25.4 Å². The second kappa shape index (κ2) is 39.7. The van der Waals surface area contributed by atoms with Crippen LogP contribution in [0.3, 0.4) is 0 Å². The van der Waals surface area contributed by atoms with Gasteiger partial charge in [0.25, 0.3) is 0 Å². The van der Waals surface area contributed by atoms with Gasteiger partial charge >= 0.3 is 0 Å². The van der Waals surface area contributed by atoms with Gasteiger partial charge in [0.2, 0.25) is 10.0 Å². The van der Waals surface area contributed by atoms with Gasteiger partial charge in [-0.2, -0.15) is 15.8 Å². The molecule has 0 aliphatic heterocycles. The predicted molar refractivity (Wildman–Crippen MR) is 397 cm³/mol. The third kappa shape index (κ3) is 24.3. The summed E-state index contributed by atoms with van der Waals surface area (Å²) in [5.74, 6) is 3.61. The van der Waals surface area contributed by atoms with Crippen molar-refractivity contribution in [2.45, 2.75) is 92.5 Å². The summed E-state index contributed by atoms with van der Waals surface area (Å²) in [6.45, 7) is 13.3. The lowest BCUT2D eigenvalue weighted by Gasteiger charge is -2.27. The summed E-state index contributed by atoms with van der Waals surface area (Å²) in [7, 11) is -3.45. The molecule has 0 aliphatic carbocycles. The number of alkyl halides is 3. The summed E-state index contributed by atoms with van der Waals surface area (Å²) in [6, 6.07) is 39.5. The Kier molecular flexibility index (Phi) is 33.5. The van der Waals surface area contributed by atoms with Crippen LogP contribution in [-0.4, -0.2) is 92.3 Å². The molecule has 3 heterocycles. The van der Waals surface area contributed by atoms with Crippen molar-refractivity contribution in [3.05, 3.63) is 239 Å². The zero-order valence-corrected chi connectivity index (χ0v) is 60.8. The quantitative estimate of drug-likeness (QED) is 0.0474. The number of aliphatic hydroxyl groups excluding tert-OH is 1. The van der Waals surface area contributed by atoms with Crippen molar-refractivity contribution in [2.24, 2.45) is 0 Å². The lowest BCUT2D eigenvalue weighted by Crippen LogP contribution is -2.19. The molecule has 3 aromatic heterocycles. The number of aromatic nitrogens is 6. The minimum absolute atomic E-state index is 0. The molecule has 528 valence electrons. The summed E-state index contributed by atoms with van der Waals surface area (Å²) < 4.78 is 53.2. The van der Waals surface area contributed by atoms with E-state index in [9.17, 15) is 29.3 Å². The number of aliphatic hydroxyl groups is 1. The first kappa shape index (κ1) is 84.3. The molecule has 0 spiro atoms. The molecule has 0 aliphatic rings. The number of benzene rings is 6. The van der Waals surface area contributed by atoms with Crippen LogP contribution in [-0.2, 0) is 46.1 Å². The molecule has 0 bridgehead atoms. The molecule has 0 unspecified atom stereocenters. The minimum Gasteiger partial charge on any atom is -0.508 e. The van der Waals surface area contributed by atoms with Gasteiger partial charge in [-0.1, -0.05) is 151 Å². The Bertz CT molecular complexity index is 4410. The Balaban J connectivity index is 0.000000300. The van der Waals surface area contributed by atoms with E-state index in [1.807, 2.05) is 94.4 Å². The van der Waals surface area contributed by atoms with E-state index < -0.39 is 20.9 Å². The summed E-state index contributed by atoms with van der Waals surface area (Å²) >= 11 is 47.4. The van der Waals surface area contributed by atoms with Crippen molar-refractivity contribution >= 4 is 109 Å². The number of aromatic hydroxyl groups is 1. The van der Waals surface area contributed by atoms with Crippen LogP contribution in [0.25, 0.3) is 0 Å². The average Bonchev–Trinajstić information content (AvgIpc) is 0.795. The Morgan fingerprint density at radius 2 is 0.780 bits per heavy atom. The van der Waals surface area contributed by atoms with Crippen LogP contribution in [0.1, 0.15) is 124 Å². The highest BCUT2D eigenvalue weighted by Gasteiger charge is 2.29. The predicted octanol–water partition coefficient (Wildman–Crippen LogP) is 17.8. The number of sulfonamides is 1. The van der Waals surface area contributed by atoms with Crippen molar-refractivity contribution in [1.82, 2.24) is 29.9 Å². The van der Waals surface area contributed by atoms with Crippen molar-refractivity contribution in [3.8, 4) is 52.7 Å². The molecule has 6 aromatic carbocycles. The first-order valence-electron chi connectivity index (χ1n) is 29.5. The van der Waals surface area contributed by atoms with Crippen LogP contribution < -0.4 is 28.4 Å². The number of nitriles is 3. The average molecular weight is 1540 g/mol. The molecule has 3 N–H and O–H groups in total. The number of hydrogen-bond acceptors (Lipinski definition) is 18. The van der Waals surface area contributed by atoms with Crippen LogP contribution in [0, 0.1) is 34.0 Å². The highest BCUT2D eigenvalue weighted by atomic mass is 35.5. The zero-order chi connectivity index (χ0) is 71.8. The maximum Gasteiger partial charge on any atom is 0.231 e.